The Kier molecular flexibility index (Phi) is 4.16. The second kappa shape index (κ2) is 4.36. The summed E-state index contributed by atoms with van der Waals surface area (Å²) in [5, 5.41) is 9.17. The van der Waals surface area contributed by atoms with Gasteiger partial charge >= 0.3 is 0 Å². The first-order chi connectivity index (χ1) is 4.54. The number of aliphatic hydroxyl groups excluding tert-OH is 1. The van der Waals surface area contributed by atoms with E-state index >= 15 is 0 Å². The van der Waals surface area contributed by atoms with Gasteiger partial charge in [0, 0.05) is 0 Å². The van der Waals surface area contributed by atoms with Crippen molar-refractivity contribution in [3.8, 4) is 0 Å². The molecule has 0 saturated heterocycles. The van der Waals surface area contributed by atoms with E-state index in [1.807, 2.05) is 0 Å². The van der Waals surface area contributed by atoms with E-state index in [1.165, 1.54) is 0 Å². The van der Waals surface area contributed by atoms with E-state index in [0.29, 0.717) is 0 Å². The highest BCUT2D eigenvalue weighted by Crippen LogP contribution is 2.01. The van der Waals surface area contributed by atoms with Crippen molar-refractivity contribution in [1.82, 2.24) is 0 Å². The molecule has 3 heteroatoms. The summed E-state index contributed by atoms with van der Waals surface area (Å²) >= 11 is 5.34. The quantitative estimate of drug-likeness (QED) is 0.475. The smallest absolute Gasteiger partial charge is 0.0991 e. The molecule has 0 radical (unpaired) electrons. The first-order valence-corrected chi connectivity index (χ1v) is 3.39. The van der Waals surface area contributed by atoms with Crippen molar-refractivity contribution in [2.24, 2.45) is 5.73 Å². The molecule has 0 unspecified atom stereocenters. The Labute approximate surface area is 66.0 Å². The van der Waals surface area contributed by atoms with Gasteiger partial charge in [0.25, 0.3) is 0 Å². The zero-order valence-electron chi connectivity index (χ0n) is 6.13. The number of hydrogen-bond donors (Lipinski definition) is 2. The molecule has 0 aliphatic carbocycles. The maximum Gasteiger partial charge on any atom is 0.0991 e. The molecule has 0 aromatic rings. The third kappa shape index (κ3) is 4.41. The first-order valence-electron chi connectivity index (χ1n) is 3.01. The Morgan fingerprint density at radius 2 is 2.10 bits per heavy atom. The predicted octanol–water partition coefficient (Wildman–Crippen LogP) is 1.35. The summed E-state index contributed by atoms with van der Waals surface area (Å²) in [6, 6.07) is 0. The summed E-state index contributed by atoms with van der Waals surface area (Å²) in [6.07, 6.45) is 2.80. The fourth-order valence-corrected chi connectivity index (χ4v) is 0.413. The van der Waals surface area contributed by atoms with Crippen LogP contribution in [0.15, 0.2) is 22.9 Å². The monoisotopic (exact) mass is 161 g/mol. The van der Waals surface area contributed by atoms with Gasteiger partial charge in [-0.05, 0) is 25.5 Å². The lowest BCUT2D eigenvalue weighted by atomic mass is 10.2. The summed E-state index contributed by atoms with van der Waals surface area (Å²) in [5.41, 5.74) is 5.98. The van der Waals surface area contributed by atoms with Crippen LogP contribution in [0.25, 0.3) is 0 Å². The molecular formula is C7H12ClNO. The van der Waals surface area contributed by atoms with Crippen LogP contribution in [0, 0.1) is 0 Å². The zero-order valence-corrected chi connectivity index (χ0v) is 6.89. The van der Waals surface area contributed by atoms with Gasteiger partial charge in [-0.3, -0.25) is 0 Å². The molecule has 0 aromatic heterocycles. The number of rotatable bonds is 2. The molecule has 2 nitrogen and oxygen atoms in total. The molecule has 0 aromatic carbocycles. The van der Waals surface area contributed by atoms with Crippen molar-refractivity contribution in [3.63, 3.8) is 0 Å². The molecule has 0 bridgehead atoms. The second-order valence-electron chi connectivity index (χ2n) is 2.14. The number of allylic oxidation sites excluding steroid dienone is 2. The van der Waals surface area contributed by atoms with Gasteiger partial charge < -0.3 is 10.8 Å². The fourth-order valence-electron chi connectivity index (χ4n) is 0.350. The van der Waals surface area contributed by atoms with Crippen LogP contribution in [-0.2, 0) is 0 Å². The average Bonchev–Trinajstić information content (AvgIpc) is 1.82. The highest BCUT2D eigenvalue weighted by molar-refractivity contribution is 6.29. The summed E-state index contributed by atoms with van der Waals surface area (Å²) in [5.74, 6) is 0. The summed E-state index contributed by atoms with van der Waals surface area (Å²) in [7, 11) is 0. The molecule has 0 aliphatic rings. The molecule has 58 valence electrons. The van der Waals surface area contributed by atoms with Gasteiger partial charge in [-0.25, -0.2) is 0 Å². The molecule has 0 rings (SSSR count). The highest BCUT2D eigenvalue weighted by Gasteiger charge is 1.94. The summed E-state index contributed by atoms with van der Waals surface area (Å²) < 4.78 is 0. The third-order valence-corrected chi connectivity index (χ3v) is 1.29. The van der Waals surface area contributed by atoms with Crippen LogP contribution in [0.1, 0.15) is 13.8 Å². The number of aliphatic hydroxyl groups is 1. The maximum absolute atomic E-state index is 8.95. The largest absolute Gasteiger partial charge is 0.389 e. The average molecular weight is 162 g/mol. The third-order valence-electron chi connectivity index (χ3n) is 1.16. The lowest BCUT2D eigenvalue weighted by molar-refractivity contribution is 0.231. The zero-order chi connectivity index (χ0) is 8.15. The van der Waals surface area contributed by atoms with Crippen LogP contribution in [0.5, 0.6) is 0 Å². The Morgan fingerprint density at radius 1 is 1.60 bits per heavy atom. The highest BCUT2D eigenvalue weighted by atomic mass is 35.5. The van der Waals surface area contributed by atoms with Crippen molar-refractivity contribution in [2.75, 3.05) is 0 Å². The molecule has 0 spiro atoms. The van der Waals surface area contributed by atoms with Crippen LogP contribution >= 0.6 is 11.6 Å². The van der Waals surface area contributed by atoms with Gasteiger partial charge in [-0.2, -0.15) is 0 Å². The second-order valence-corrected chi connectivity index (χ2v) is 2.57. The minimum Gasteiger partial charge on any atom is -0.389 e. The molecule has 0 saturated carbocycles. The minimum atomic E-state index is -0.438. The molecule has 0 fully saturated rings. The molecule has 3 N–H and O–H groups in total. The van der Waals surface area contributed by atoms with Gasteiger partial charge in [0.05, 0.1) is 11.3 Å². The van der Waals surface area contributed by atoms with Crippen molar-refractivity contribution in [2.45, 2.75) is 20.0 Å². The van der Waals surface area contributed by atoms with Crippen LogP contribution < -0.4 is 5.73 Å². The van der Waals surface area contributed by atoms with Crippen LogP contribution in [0.3, 0.4) is 0 Å². The van der Waals surface area contributed by atoms with Crippen molar-refractivity contribution >= 4 is 11.6 Å². The Balaban J connectivity index is 4.05. The van der Waals surface area contributed by atoms with Crippen LogP contribution in [0.4, 0.5) is 0 Å². The normalized spacial score (nSPS) is 17.2. The fraction of sp³-hybridized carbons (Fsp3) is 0.429. The Hall–Kier alpha value is -0.470. The molecular weight excluding hydrogens is 150 g/mol. The van der Waals surface area contributed by atoms with Crippen molar-refractivity contribution in [3.05, 3.63) is 22.9 Å². The van der Waals surface area contributed by atoms with Crippen molar-refractivity contribution in [1.29, 1.82) is 0 Å². The standard InChI is InChI=1S/C7H12ClNO/c1-5(6(2)10)3-4-7(8)9/h3-4,6,10H,9H2,1-2H3/b5-3+,7-4-/t6-/m0/s1. The number of nitrogens with two attached hydrogens (primary N) is 1. The van der Waals surface area contributed by atoms with E-state index in [-0.39, 0.29) is 5.16 Å². The van der Waals surface area contributed by atoms with Gasteiger partial charge in [-0.15, -0.1) is 0 Å². The topological polar surface area (TPSA) is 46.2 Å². The van der Waals surface area contributed by atoms with E-state index in [0.717, 1.165) is 5.57 Å². The molecule has 10 heavy (non-hydrogen) atoms. The summed E-state index contributed by atoms with van der Waals surface area (Å²) in [6.45, 7) is 3.49. The molecule has 0 heterocycles. The van der Waals surface area contributed by atoms with Gasteiger partial charge in [-0.1, -0.05) is 17.7 Å². The molecule has 0 amide bonds. The first kappa shape index (κ1) is 9.53. The minimum absolute atomic E-state index is 0.222. The molecule has 0 aliphatic heterocycles. The van der Waals surface area contributed by atoms with E-state index in [4.69, 9.17) is 22.4 Å². The number of hydrogen-bond acceptors (Lipinski definition) is 2. The van der Waals surface area contributed by atoms with Gasteiger partial charge in [0.1, 0.15) is 0 Å². The van der Waals surface area contributed by atoms with E-state index in [9.17, 15) is 0 Å². The lowest BCUT2D eigenvalue weighted by Crippen LogP contribution is -2.00. The van der Waals surface area contributed by atoms with E-state index in [2.05, 4.69) is 0 Å². The van der Waals surface area contributed by atoms with E-state index < -0.39 is 6.10 Å². The number of halogens is 1. The van der Waals surface area contributed by atoms with Crippen LogP contribution in [-0.4, -0.2) is 11.2 Å². The van der Waals surface area contributed by atoms with Gasteiger partial charge in [0.15, 0.2) is 0 Å². The molecule has 1 atom stereocenters. The van der Waals surface area contributed by atoms with E-state index in [1.54, 1.807) is 26.0 Å². The Bertz CT molecular complexity index is 157. The SMILES string of the molecule is C/C(=C\C=C(/N)Cl)[C@H](C)O. The Morgan fingerprint density at radius 3 is 2.40 bits per heavy atom. The maximum atomic E-state index is 8.95. The lowest BCUT2D eigenvalue weighted by Gasteiger charge is -2.00. The van der Waals surface area contributed by atoms with Crippen molar-refractivity contribution < 1.29 is 5.11 Å². The summed E-state index contributed by atoms with van der Waals surface area (Å²) in [4.78, 5) is 0. The van der Waals surface area contributed by atoms with Crippen LogP contribution in [0.2, 0.25) is 0 Å². The predicted molar refractivity (Wildman–Crippen MR) is 43.6 cm³/mol. The van der Waals surface area contributed by atoms with Gasteiger partial charge in [0.2, 0.25) is 0 Å².